The molecule has 0 amide bonds. The normalized spacial score (nSPS) is 14.8. The summed E-state index contributed by atoms with van der Waals surface area (Å²) in [6.07, 6.45) is 3.55. The minimum absolute atomic E-state index is 0.295. The van der Waals surface area contributed by atoms with Gasteiger partial charge in [0.25, 0.3) is 0 Å². The third kappa shape index (κ3) is 2.54. The lowest BCUT2D eigenvalue weighted by atomic mass is 10.1. The average molecular weight is 219 g/mol. The van der Waals surface area contributed by atoms with Gasteiger partial charge in [0.1, 0.15) is 0 Å². The highest BCUT2D eigenvalue weighted by molar-refractivity contribution is 5.96. The molecule has 1 aliphatic rings. The topological polar surface area (TPSA) is 52.3 Å². The molecule has 1 aromatic rings. The number of esters is 1. The third-order valence-electron chi connectivity index (χ3n) is 2.97. The van der Waals surface area contributed by atoms with E-state index in [9.17, 15) is 4.79 Å². The van der Waals surface area contributed by atoms with Gasteiger partial charge >= 0.3 is 5.97 Å². The van der Waals surface area contributed by atoms with E-state index in [4.69, 9.17) is 10.5 Å². The summed E-state index contributed by atoms with van der Waals surface area (Å²) in [6.45, 7) is 2.38. The Morgan fingerprint density at radius 2 is 2.25 bits per heavy atom. The van der Waals surface area contributed by atoms with Crippen molar-refractivity contribution in [3.63, 3.8) is 0 Å². The Bertz CT molecular complexity index is 377. The van der Waals surface area contributed by atoms with Gasteiger partial charge in [-0.3, -0.25) is 0 Å². The average Bonchev–Trinajstić information content (AvgIpc) is 3.01. The van der Waals surface area contributed by atoms with E-state index in [1.807, 2.05) is 19.1 Å². The minimum atomic E-state index is -0.295. The number of benzene rings is 1. The van der Waals surface area contributed by atoms with Gasteiger partial charge < -0.3 is 10.5 Å². The van der Waals surface area contributed by atoms with E-state index in [0.717, 1.165) is 17.9 Å². The van der Waals surface area contributed by atoms with Crippen LogP contribution < -0.4 is 5.73 Å². The van der Waals surface area contributed by atoms with E-state index in [2.05, 4.69) is 0 Å². The largest absolute Gasteiger partial charge is 0.462 e. The van der Waals surface area contributed by atoms with Gasteiger partial charge in [-0.1, -0.05) is 25.0 Å². The molecule has 16 heavy (non-hydrogen) atoms. The molecule has 3 heteroatoms. The second-order valence-electron chi connectivity index (χ2n) is 4.41. The van der Waals surface area contributed by atoms with Crippen LogP contribution in [0.15, 0.2) is 18.2 Å². The number of aryl methyl sites for hydroxylation is 1. The molecule has 86 valence electrons. The Labute approximate surface area is 95.6 Å². The van der Waals surface area contributed by atoms with Crippen molar-refractivity contribution in [2.75, 3.05) is 12.3 Å². The van der Waals surface area contributed by atoms with Crippen LogP contribution in [0, 0.1) is 12.8 Å². The monoisotopic (exact) mass is 219 g/mol. The number of rotatable bonds is 4. The fourth-order valence-electron chi connectivity index (χ4n) is 1.77. The number of ether oxygens (including phenoxy) is 1. The summed E-state index contributed by atoms with van der Waals surface area (Å²) in [5.41, 5.74) is 7.65. The number of nitrogen functional groups attached to an aromatic ring is 1. The number of nitrogens with two attached hydrogens (primary N) is 1. The van der Waals surface area contributed by atoms with Crippen molar-refractivity contribution in [1.82, 2.24) is 0 Å². The molecule has 1 saturated carbocycles. The van der Waals surface area contributed by atoms with Crippen LogP contribution in [0.3, 0.4) is 0 Å². The summed E-state index contributed by atoms with van der Waals surface area (Å²) in [5.74, 6) is 0.485. The van der Waals surface area contributed by atoms with E-state index >= 15 is 0 Å². The lowest BCUT2D eigenvalue weighted by Crippen LogP contribution is -2.11. The maximum absolute atomic E-state index is 11.8. The minimum Gasteiger partial charge on any atom is -0.462 e. The van der Waals surface area contributed by atoms with Crippen LogP contribution >= 0.6 is 0 Å². The molecule has 1 aromatic carbocycles. The summed E-state index contributed by atoms with van der Waals surface area (Å²) >= 11 is 0. The molecule has 0 heterocycles. The van der Waals surface area contributed by atoms with Gasteiger partial charge in [-0.2, -0.15) is 0 Å². The van der Waals surface area contributed by atoms with Gasteiger partial charge in [0, 0.05) is 5.69 Å². The van der Waals surface area contributed by atoms with Crippen LogP contribution in [0.2, 0.25) is 0 Å². The first-order valence-electron chi connectivity index (χ1n) is 5.70. The van der Waals surface area contributed by atoms with Crippen LogP contribution in [0.25, 0.3) is 0 Å². The maximum atomic E-state index is 11.8. The highest BCUT2D eigenvalue weighted by atomic mass is 16.5. The predicted molar refractivity (Wildman–Crippen MR) is 63.2 cm³/mol. The molecule has 3 nitrogen and oxygen atoms in total. The summed E-state index contributed by atoms with van der Waals surface area (Å²) in [7, 11) is 0. The zero-order valence-electron chi connectivity index (χ0n) is 9.53. The highest BCUT2D eigenvalue weighted by Crippen LogP contribution is 2.32. The summed E-state index contributed by atoms with van der Waals surface area (Å²) in [5, 5.41) is 0. The molecule has 0 spiro atoms. The first kappa shape index (κ1) is 11.0. The van der Waals surface area contributed by atoms with E-state index in [1.165, 1.54) is 12.8 Å². The SMILES string of the molecule is Cc1cccc(N)c1C(=O)OCCC1CC1. The molecule has 0 saturated heterocycles. The Hall–Kier alpha value is -1.51. The van der Waals surface area contributed by atoms with Crippen LogP contribution in [0.1, 0.15) is 35.2 Å². The molecule has 2 N–H and O–H groups in total. The van der Waals surface area contributed by atoms with E-state index < -0.39 is 0 Å². The first-order valence-corrected chi connectivity index (χ1v) is 5.70. The molecule has 1 aliphatic carbocycles. The standard InChI is InChI=1S/C13H17NO2/c1-9-3-2-4-11(14)12(9)13(15)16-8-7-10-5-6-10/h2-4,10H,5-8,14H2,1H3. The molecule has 0 radical (unpaired) electrons. The van der Waals surface area contributed by atoms with Gasteiger partial charge in [-0.05, 0) is 30.9 Å². The number of carbonyl (C=O) groups is 1. The van der Waals surface area contributed by atoms with Gasteiger partial charge in [0.2, 0.25) is 0 Å². The van der Waals surface area contributed by atoms with Crippen molar-refractivity contribution in [1.29, 1.82) is 0 Å². The number of carbonyl (C=O) groups excluding carboxylic acids is 1. The van der Waals surface area contributed by atoms with E-state index in [1.54, 1.807) is 6.07 Å². The fraction of sp³-hybridized carbons (Fsp3) is 0.462. The van der Waals surface area contributed by atoms with E-state index in [0.29, 0.717) is 17.9 Å². The fourth-order valence-corrected chi connectivity index (χ4v) is 1.77. The van der Waals surface area contributed by atoms with Crippen LogP contribution in [0.5, 0.6) is 0 Å². The Kier molecular flexibility index (Phi) is 3.13. The molecule has 1 fully saturated rings. The van der Waals surface area contributed by atoms with Gasteiger partial charge in [-0.15, -0.1) is 0 Å². The number of anilines is 1. The van der Waals surface area contributed by atoms with Crippen molar-refractivity contribution in [2.45, 2.75) is 26.2 Å². The van der Waals surface area contributed by atoms with Crippen LogP contribution in [-0.4, -0.2) is 12.6 Å². The smallest absolute Gasteiger partial charge is 0.340 e. The lowest BCUT2D eigenvalue weighted by Gasteiger charge is -2.09. The Morgan fingerprint density at radius 1 is 1.50 bits per heavy atom. The van der Waals surface area contributed by atoms with Crippen molar-refractivity contribution in [3.05, 3.63) is 29.3 Å². The lowest BCUT2D eigenvalue weighted by molar-refractivity contribution is 0.0495. The Balaban J connectivity index is 1.96. The quantitative estimate of drug-likeness (QED) is 0.625. The first-order chi connectivity index (χ1) is 7.68. The van der Waals surface area contributed by atoms with Crippen LogP contribution in [0.4, 0.5) is 5.69 Å². The predicted octanol–water partition coefficient (Wildman–Crippen LogP) is 2.53. The van der Waals surface area contributed by atoms with Gasteiger partial charge in [0.15, 0.2) is 0 Å². The second-order valence-corrected chi connectivity index (χ2v) is 4.41. The zero-order valence-corrected chi connectivity index (χ0v) is 9.53. The van der Waals surface area contributed by atoms with Crippen molar-refractivity contribution in [3.8, 4) is 0 Å². The molecule has 2 rings (SSSR count). The molecular formula is C13H17NO2. The summed E-state index contributed by atoms with van der Waals surface area (Å²) in [6, 6.07) is 5.43. The van der Waals surface area contributed by atoms with Gasteiger partial charge in [0.05, 0.1) is 12.2 Å². The molecule has 0 unspecified atom stereocenters. The molecule has 0 aliphatic heterocycles. The van der Waals surface area contributed by atoms with Gasteiger partial charge in [-0.25, -0.2) is 4.79 Å². The Morgan fingerprint density at radius 3 is 2.88 bits per heavy atom. The molecular weight excluding hydrogens is 202 g/mol. The summed E-state index contributed by atoms with van der Waals surface area (Å²) in [4.78, 5) is 11.8. The van der Waals surface area contributed by atoms with Crippen LogP contribution in [-0.2, 0) is 4.74 Å². The molecule has 0 aromatic heterocycles. The highest BCUT2D eigenvalue weighted by Gasteiger charge is 2.22. The molecule has 0 bridgehead atoms. The van der Waals surface area contributed by atoms with Crippen molar-refractivity contribution >= 4 is 11.7 Å². The zero-order chi connectivity index (χ0) is 11.5. The summed E-state index contributed by atoms with van der Waals surface area (Å²) < 4.78 is 5.22. The van der Waals surface area contributed by atoms with E-state index in [-0.39, 0.29) is 5.97 Å². The molecule has 0 atom stereocenters. The van der Waals surface area contributed by atoms with Crippen molar-refractivity contribution < 1.29 is 9.53 Å². The number of hydrogen-bond acceptors (Lipinski definition) is 3. The third-order valence-corrected chi connectivity index (χ3v) is 2.97. The number of hydrogen-bond donors (Lipinski definition) is 1. The van der Waals surface area contributed by atoms with Crippen molar-refractivity contribution in [2.24, 2.45) is 5.92 Å². The second kappa shape index (κ2) is 4.56. The maximum Gasteiger partial charge on any atom is 0.340 e.